The Kier molecular flexibility index (Phi) is 4.57. The molecule has 0 saturated heterocycles. The Morgan fingerprint density at radius 3 is 2.74 bits per heavy atom. The van der Waals surface area contributed by atoms with Gasteiger partial charge in [0.2, 0.25) is 5.76 Å². The van der Waals surface area contributed by atoms with Crippen molar-refractivity contribution in [2.24, 2.45) is 0 Å². The number of carbonyl (C=O) groups is 1. The molecule has 4 rings (SSSR count). The molecule has 27 heavy (non-hydrogen) atoms. The third-order valence-electron chi connectivity index (χ3n) is 4.66. The predicted molar refractivity (Wildman–Crippen MR) is 101 cm³/mol. The molecule has 2 heterocycles. The molecule has 1 aromatic heterocycles. The molecular formula is C20H15BrFNO4. The van der Waals surface area contributed by atoms with Gasteiger partial charge < -0.3 is 14.1 Å². The predicted octanol–water partition coefficient (Wildman–Crippen LogP) is 3.89. The first-order valence-corrected chi connectivity index (χ1v) is 9.13. The highest BCUT2D eigenvalue weighted by Crippen LogP contribution is 2.39. The number of hydrogen-bond donors (Lipinski definition) is 0. The van der Waals surface area contributed by atoms with Crippen LogP contribution in [0.1, 0.15) is 27.7 Å². The van der Waals surface area contributed by atoms with Gasteiger partial charge in [0, 0.05) is 23.7 Å². The van der Waals surface area contributed by atoms with E-state index in [1.807, 2.05) is 0 Å². The van der Waals surface area contributed by atoms with Crippen LogP contribution in [0, 0.1) is 5.82 Å². The van der Waals surface area contributed by atoms with E-state index in [9.17, 15) is 14.0 Å². The highest BCUT2D eigenvalue weighted by molar-refractivity contribution is 9.10. The minimum atomic E-state index is -0.858. The Hall–Kier alpha value is -2.51. The number of rotatable bonds is 4. The number of carbonyl (C=O) groups excluding carboxylic acids is 1. The van der Waals surface area contributed by atoms with E-state index in [4.69, 9.17) is 9.15 Å². The quantitative estimate of drug-likeness (QED) is 0.628. The molecule has 0 bridgehead atoms. The lowest BCUT2D eigenvalue weighted by Gasteiger charge is -2.25. The summed E-state index contributed by atoms with van der Waals surface area (Å²) in [5, 5.41) is 0.339. The van der Waals surface area contributed by atoms with Gasteiger partial charge in [-0.3, -0.25) is 9.59 Å². The van der Waals surface area contributed by atoms with E-state index in [0.717, 1.165) is 0 Å². The molecule has 0 N–H and O–H groups in total. The molecule has 0 fully saturated rings. The van der Waals surface area contributed by atoms with Gasteiger partial charge in [-0.25, -0.2) is 4.39 Å². The lowest BCUT2D eigenvalue weighted by atomic mass is 9.98. The Morgan fingerprint density at radius 2 is 2.00 bits per heavy atom. The van der Waals surface area contributed by atoms with Crippen molar-refractivity contribution in [1.29, 1.82) is 0 Å². The maximum absolute atomic E-state index is 14.6. The highest BCUT2D eigenvalue weighted by Gasteiger charge is 2.43. The van der Waals surface area contributed by atoms with Gasteiger partial charge in [-0.15, -0.1) is 0 Å². The minimum Gasteiger partial charge on any atom is -0.450 e. The molecule has 1 aliphatic heterocycles. The van der Waals surface area contributed by atoms with E-state index in [0.29, 0.717) is 15.4 Å². The Bertz CT molecular complexity index is 1110. The summed E-state index contributed by atoms with van der Waals surface area (Å²) in [6.45, 7) is 0.460. The molecule has 0 aliphatic carbocycles. The second-order valence-corrected chi connectivity index (χ2v) is 7.15. The van der Waals surface area contributed by atoms with E-state index in [1.54, 1.807) is 36.4 Å². The molecule has 0 radical (unpaired) electrons. The molecule has 1 amide bonds. The zero-order valence-electron chi connectivity index (χ0n) is 14.4. The summed E-state index contributed by atoms with van der Waals surface area (Å²) in [5.74, 6) is -0.976. The van der Waals surface area contributed by atoms with Crippen molar-refractivity contribution in [3.8, 4) is 0 Å². The number of amides is 1. The van der Waals surface area contributed by atoms with Gasteiger partial charge in [0.1, 0.15) is 11.4 Å². The first kappa shape index (κ1) is 17.9. The van der Waals surface area contributed by atoms with Gasteiger partial charge in [-0.2, -0.15) is 0 Å². The van der Waals surface area contributed by atoms with Crippen LogP contribution in [-0.4, -0.2) is 31.1 Å². The Labute approximate surface area is 162 Å². The first-order chi connectivity index (χ1) is 13.0. The van der Waals surface area contributed by atoms with Gasteiger partial charge in [-0.1, -0.05) is 34.1 Å². The topological polar surface area (TPSA) is 59.8 Å². The van der Waals surface area contributed by atoms with Crippen molar-refractivity contribution in [3.63, 3.8) is 0 Å². The van der Waals surface area contributed by atoms with Gasteiger partial charge in [0.15, 0.2) is 5.43 Å². The summed E-state index contributed by atoms with van der Waals surface area (Å²) in [6, 6.07) is 10.3. The largest absolute Gasteiger partial charge is 0.450 e. The van der Waals surface area contributed by atoms with Crippen molar-refractivity contribution >= 4 is 32.8 Å². The number of ether oxygens (including phenoxy) is 1. The zero-order chi connectivity index (χ0) is 19.1. The molecule has 2 aromatic carbocycles. The standard InChI is InChI=1S/C20H15BrFNO4/c1-26-9-8-23-17(12-4-2-3-5-14(12)22)16-18(24)13-10-11(21)6-7-15(13)27-19(16)20(23)25/h2-7,10,17H,8-9H2,1H3/t17-/m0/s1. The van der Waals surface area contributed by atoms with Crippen LogP contribution in [0.2, 0.25) is 0 Å². The van der Waals surface area contributed by atoms with Crippen LogP contribution in [0.15, 0.2) is 56.1 Å². The maximum atomic E-state index is 14.6. The molecule has 3 aromatic rings. The molecule has 5 nitrogen and oxygen atoms in total. The zero-order valence-corrected chi connectivity index (χ0v) is 16.0. The number of methoxy groups -OCH3 is 1. The minimum absolute atomic E-state index is 0.0424. The summed E-state index contributed by atoms with van der Waals surface area (Å²) in [7, 11) is 1.51. The highest BCUT2D eigenvalue weighted by atomic mass is 79.9. The van der Waals surface area contributed by atoms with Crippen LogP contribution in [0.25, 0.3) is 11.0 Å². The lowest BCUT2D eigenvalue weighted by molar-refractivity contribution is 0.0661. The van der Waals surface area contributed by atoms with Crippen molar-refractivity contribution in [1.82, 2.24) is 4.90 Å². The summed E-state index contributed by atoms with van der Waals surface area (Å²) >= 11 is 3.34. The van der Waals surface area contributed by atoms with Crippen LogP contribution in [-0.2, 0) is 4.74 Å². The van der Waals surface area contributed by atoms with E-state index in [-0.39, 0.29) is 35.5 Å². The molecule has 1 aliphatic rings. The van der Waals surface area contributed by atoms with Crippen molar-refractivity contribution in [3.05, 3.63) is 79.9 Å². The molecule has 0 saturated carbocycles. The third kappa shape index (κ3) is 2.87. The maximum Gasteiger partial charge on any atom is 0.290 e. The average molecular weight is 432 g/mol. The second-order valence-electron chi connectivity index (χ2n) is 6.23. The second kappa shape index (κ2) is 6.90. The van der Waals surface area contributed by atoms with Crippen LogP contribution < -0.4 is 5.43 Å². The van der Waals surface area contributed by atoms with Gasteiger partial charge >= 0.3 is 0 Å². The fraction of sp³-hybridized carbons (Fsp3) is 0.200. The number of nitrogens with zero attached hydrogens (tertiary/aromatic N) is 1. The smallest absolute Gasteiger partial charge is 0.290 e. The average Bonchev–Trinajstić information content (AvgIpc) is 2.93. The lowest BCUT2D eigenvalue weighted by Crippen LogP contribution is -2.33. The summed E-state index contributed by atoms with van der Waals surface area (Å²) in [5.41, 5.74) is 0.388. The Balaban J connectivity index is 2.00. The first-order valence-electron chi connectivity index (χ1n) is 8.33. The van der Waals surface area contributed by atoms with Crippen molar-refractivity contribution in [2.45, 2.75) is 6.04 Å². The molecule has 1 atom stereocenters. The molecule has 7 heteroatoms. The molecule has 0 spiro atoms. The van der Waals surface area contributed by atoms with Crippen LogP contribution in [0.3, 0.4) is 0 Å². The van der Waals surface area contributed by atoms with Crippen LogP contribution in [0.4, 0.5) is 4.39 Å². The Morgan fingerprint density at radius 1 is 1.22 bits per heavy atom. The van der Waals surface area contributed by atoms with E-state index < -0.39 is 17.8 Å². The van der Waals surface area contributed by atoms with Gasteiger partial charge in [0.05, 0.1) is 23.6 Å². The fourth-order valence-corrected chi connectivity index (χ4v) is 3.79. The summed E-state index contributed by atoms with van der Waals surface area (Å²) in [4.78, 5) is 27.6. The van der Waals surface area contributed by atoms with Gasteiger partial charge in [0.25, 0.3) is 5.91 Å². The number of fused-ring (bicyclic) bond motifs is 2. The normalized spacial score (nSPS) is 16.2. The molecule has 138 valence electrons. The molecule has 0 unspecified atom stereocenters. The van der Waals surface area contributed by atoms with E-state index in [1.165, 1.54) is 18.1 Å². The number of halogens is 2. The fourth-order valence-electron chi connectivity index (χ4n) is 3.43. The third-order valence-corrected chi connectivity index (χ3v) is 5.16. The van der Waals surface area contributed by atoms with Crippen LogP contribution >= 0.6 is 15.9 Å². The number of benzene rings is 2. The van der Waals surface area contributed by atoms with Crippen LogP contribution in [0.5, 0.6) is 0 Å². The SMILES string of the molecule is COCCN1C(=O)c2oc3ccc(Br)cc3c(=O)c2[C@@H]1c1ccccc1F. The van der Waals surface area contributed by atoms with E-state index >= 15 is 0 Å². The van der Waals surface area contributed by atoms with Crippen molar-refractivity contribution < 1.29 is 18.3 Å². The summed E-state index contributed by atoms with van der Waals surface area (Å²) in [6.07, 6.45) is 0. The van der Waals surface area contributed by atoms with E-state index in [2.05, 4.69) is 15.9 Å². The monoisotopic (exact) mass is 431 g/mol. The van der Waals surface area contributed by atoms with Crippen molar-refractivity contribution in [2.75, 3.05) is 20.3 Å². The summed E-state index contributed by atoms with van der Waals surface area (Å²) < 4.78 is 26.1. The number of hydrogen-bond acceptors (Lipinski definition) is 4. The van der Waals surface area contributed by atoms with Gasteiger partial charge in [-0.05, 0) is 24.3 Å². The molecular weight excluding hydrogens is 417 g/mol.